The lowest BCUT2D eigenvalue weighted by Crippen LogP contribution is -2.50. The Morgan fingerprint density at radius 2 is 1.85 bits per heavy atom. The molecule has 0 spiro atoms. The normalized spacial score (nSPS) is 27.2. The molecule has 1 rings (SSSR count). The van der Waals surface area contributed by atoms with Gasteiger partial charge in [0.2, 0.25) is 11.5 Å². The van der Waals surface area contributed by atoms with E-state index in [0.717, 1.165) is 0 Å². The first-order valence-electron chi connectivity index (χ1n) is 4.33. The number of hydrogen-bond acceptors (Lipinski definition) is 4. The average Bonchev–Trinajstić information content (AvgIpc) is 2.10. The number of rotatable bonds is 4. The molecule has 1 unspecified atom stereocenters. The molecule has 1 atom stereocenters. The smallest absolute Gasteiger partial charge is 0.240 e. The van der Waals surface area contributed by atoms with Crippen LogP contribution in [0.2, 0.25) is 0 Å². The summed E-state index contributed by atoms with van der Waals surface area (Å²) in [6, 6.07) is 0. The van der Waals surface area contributed by atoms with Gasteiger partial charge in [-0.2, -0.15) is 0 Å². The fraction of sp³-hybridized carbons (Fsp3) is 0.667. The van der Waals surface area contributed by atoms with Gasteiger partial charge >= 0.3 is 0 Å². The van der Waals surface area contributed by atoms with Crippen LogP contribution in [0.3, 0.4) is 0 Å². The van der Waals surface area contributed by atoms with Crippen molar-refractivity contribution in [2.75, 3.05) is 13.2 Å². The van der Waals surface area contributed by atoms with Gasteiger partial charge in [0.05, 0.1) is 13.2 Å². The van der Waals surface area contributed by atoms with E-state index < -0.39 is 11.4 Å². The molecule has 0 amide bonds. The fourth-order valence-electron chi connectivity index (χ4n) is 1.21. The highest BCUT2D eigenvalue weighted by atomic mass is 16.5. The minimum absolute atomic E-state index is 0.161. The Hall–Kier alpha value is -1.03. The predicted octanol–water partition coefficient (Wildman–Crippen LogP) is 0.605. The van der Waals surface area contributed by atoms with Gasteiger partial charge in [0.1, 0.15) is 0 Å². The Bertz CT molecular complexity index is 252. The van der Waals surface area contributed by atoms with E-state index >= 15 is 0 Å². The van der Waals surface area contributed by atoms with E-state index in [9.17, 15) is 9.90 Å². The summed E-state index contributed by atoms with van der Waals surface area (Å²) in [6.07, 6.45) is 0. The topological polar surface area (TPSA) is 55.8 Å². The number of carbonyl (C=O) groups excluding carboxylic acids is 1. The molecule has 4 heteroatoms. The van der Waals surface area contributed by atoms with Crippen LogP contribution in [0.15, 0.2) is 11.5 Å². The Labute approximate surface area is 77.1 Å². The third-order valence-electron chi connectivity index (χ3n) is 1.87. The molecule has 0 aromatic carbocycles. The van der Waals surface area contributed by atoms with Crippen LogP contribution >= 0.6 is 0 Å². The van der Waals surface area contributed by atoms with Crippen molar-refractivity contribution in [3.05, 3.63) is 11.5 Å². The summed E-state index contributed by atoms with van der Waals surface area (Å²) in [5.41, 5.74) is -1.49. The lowest BCUT2D eigenvalue weighted by atomic mass is 9.85. The SMILES string of the molecule is CCOC1=C(OCC)C(C)(O)C1=O. The molecule has 0 fully saturated rings. The van der Waals surface area contributed by atoms with E-state index in [4.69, 9.17) is 9.47 Å². The largest absolute Gasteiger partial charge is 0.491 e. The van der Waals surface area contributed by atoms with Crippen molar-refractivity contribution >= 4 is 5.78 Å². The number of Topliss-reactive ketones (excluding diaryl/α,β-unsaturated/α-hetero) is 1. The zero-order valence-corrected chi connectivity index (χ0v) is 8.09. The number of ketones is 1. The number of hydrogen-bond donors (Lipinski definition) is 1. The standard InChI is InChI=1S/C9H14O4/c1-4-12-6-7(10)9(3,11)8(6)13-5-2/h11H,4-5H2,1-3H3. The molecule has 0 saturated heterocycles. The summed E-state index contributed by atoms with van der Waals surface area (Å²) < 4.78 is 10.1. The van der Waals surface area contributed by atoms with Crippen molar-refractivity contribution < 1.29 is 19.4 Å². The summed E-state index contributed by atoms with van der Waals surface area (Å²) in [4.78, 5) is 11.2. The molecule has 1 aliphatic carbocycles. The van der Waals surface area contributed by atoms with Gasteiger partial charge in [-0.3, -0.25) is 4.79 Å². The van der Waals surface area contributed by atoms with Crippen molar-refractivity contribution in [1.82, 2.24) is 0 Å². The van der Waals surface area contributed by atoms with Gasteiger partial charge in [0.15, 0.2) is 11.4 Å². The lowest BCUT2D eigenvalue weighted by molar-refractivity contribution is -0.144. The maximum atomic E-state index is 11.2. The van der Waals surface area contributed by atoms with Crippen LogP contribution in [-0.2, 0) is 14.3 Å². The predicted molar refractivity (Wildman–Crippen MR) is 45.9 cm³/mol. The number of aliphatic hydroxyl groups is 1. The van der Waals surface area contributed by atoms with Gasteiger partial charge in [0, 0.05) is 0 Å². The second kappa shape index (κ2) is 3.38. The Kier molecular flexibility index (Phi) is 2.61. The van der Waals surface area contributed by atoms with E-state index in [1.807, 2.05) is 0 Å². The fourth-order valence-corrected chi connectivity index (χ4v) is 1.21. The van der Waals surface area contributed by atoms with Crippen LogP contribution in [0, 0.1) is 0 Å². The van der Waals surface area contributed by atoms with Gasteiger partial charge in [-0.1, -0.05) is 0 Å². The Morgan fingerprint density at radius 1 is 1.31 bits per heavy atom. The molecule has 0 bridgehead atoms. The van der Waals surface area contributed by atoms with Crippen molar-refractivity contribution in [3.8, 4) is 0 Å². The molecule has 0 aliphatic heterocycles. The monoisotopic (exact) mass is 186 g/mol. The van der Waals surface area contributed by atoms with E-state index in [1.54, 1.807) is 13.8 Å². The molecular weight excluding hydrogens is 172 g/mol. The minimum atomic E-state index is -1.49. The van der Waals surface area contributed by atoms with Gasteiger partial charge in [-0.05, 0) is 20.8 Å². The molecule has 0 radical (unpaired) electrons. The summed E-state index contributed by atoms with van der Waals surface area (Å²) in [5, 5.41) is 9.56. The summed E-state index contributed by atoms with van der Waals surface area (Å²) in [5.74, 6) is 0.00833. The second-order valence-corrected chi connectivity index (χ2v) is 2.93. The van der Waals surface area contributed by atoms with Crippen LogP contribution in [0.4, 0.5) is 0 Å². The van der Waals surface area contributed by atoms with Crippen LogP contribution in [0.1, 0.15) is 20.8 Å². The average molecular weight is 186 g/mol. The first-order valence-corrected chi connectivity index (χ1v) is 4.33. The van der Waals surface area contributed by atoms with Crippen LogP contribution in [0.25, 0.3) is 0 Å². The first-order chi connectivity index (χ1) is 6.05. The molecule has 1 N–H and O–H groups in total. The van der Waals surface area contributed by atoms with Crippen LogP contribution < -0.4 is 0 Å². The maximum absolute atomic E-state index is 11.2. The molecular formula is C9H14O4. The van der Waals surface area contributed by atoms with Crippen molar-refractivity contribution in [1.29, 1.82) is 0 Å². The van der Waals surface area contributed by atoms with Crippen LogP contribution in [-0.4, -0.2) is 29.7 Å². The molecule has 0 heterocycles. The quantitative estimate of drug-likeness (QED) is 0.698. The zero-order valence-electron chi connectivity index (χ0n) is 8.09. The Morgan fingerprint density at radius 3 is 2.31 bits per heavy atom. The maximum Gasteiger partial charge on any atom is 0.240 e. The highest BCUT2D eigenvalue weighted by Gasteiger charge is 2.52. The highest BCUT2D eigenvalue weighted by Crippen LogP contribution is 2.36. The van der Waals surface area contributed by atoms with E-state index in [1.165, 1.54) is 6.92 Å². The van der Waals surface area contributed by atoms with Crippen molar-refractivity contribution in [2.45, 2.75) is 26.4 Å². The van der Waals surface area contributed by atoms with Gasteiger partial charge in [-0.25, -0.2) is 0 Å². The lowest BCUT2D eigenvalue weighted by Gasteiger charge is -2.34. The minimum Gasteiger partial charge on any atom is -0.491 e. The third-order valence-corrected chi connectivity index (χ3v) is 1.87. The third kappa shape index (κ3) is 1.42. The summed E-state index contributed by atoms with van der Waals surface area (Å²) >= 11 is 0. The Balaban J connectivity index is 2.86. The van der Waals surface area contributed by atoms with Crippen LogP contribution in [0.5, 0.6) is 0 Å². The summed E-state index contributed by atoms with van der Waals surface area (Å²) in [6.45, 7) is 5.78. The molecule has 0 saturated carbocycles. The molecule has 1 aliphatic rings. The molecule has 74 valence electrons. The molecule has 0 aromatic rings. The van der Waals surface area contributed by atoms with E-state index in [2.05, 4.69) is 0 Å². The highest BCUT2D eigenvalue weighted by molar-refractivity contribution is 6.09. The second-order valence-electron chi connectivity index (χ2n) is 2.93. The molecule has 13 heavy (non-hydrogen) atoms. The first kappa shape index (κ1) is 10.1. The summed E-state index contributed by atoms with van der Waals surface area (Å²) in [7, 11) is 0. The van der Waals surface area contributed by atoms with Gasteiger partial charge in [0.25, 0.3) is 0 Å². The number of ether oxygens (including phenoxy) is 2. The zero-order chi connectivity index (χ0) is 10.1. The van der Waals surface area contributed by atoms with Crippen molar-refractivity contribution in [3.63, 3.8) is 0 Å². The molecule has 0 aromatic heterocycles. The van der Waals surface area contributed by atoms with Crippen molar-refractivity contribution in [2.24, 2.45) is 0 Å². The van der Waals surface area contributed by atoms with Gasteiger partial charge < -0.3 is 14.6 Å². The van der Waals surface area contributed by atoms with E-state index in [-0.39, 0.29) is 11.5 Å². The van der Waals surface area contributed by atoms with E-state index in [0.29, 0.717) is 13.2 Å². The van der Waals surface area contributed by atoms with Gasteiger partial charge in [-0.15, -0.1) is 0 Å². The number of carbonyl (C=O) groups is 1. The molecule has 4 nitrogen and oxygen atoms in total.